The van der Waals surface area contributed by atoms with Crippen molar-refractivity contribution in [3.05, 3.63) is 66.5 Å². The minimum absolute atomic E-state index is 0.0948. The molecule has 0 aliphatic carbocycles. The van der Waals surface area contributed by atoms with Gasteiger partial charge in [-0.2, -0.15) is 0 Å². The molecule has 0 spiro atoms. The van der Waals surface area contributed by atoms with Gasteiger partial charge in [-0.05, 0) is 29.8 Å². The fourth-order valence-corrected chi connectivity index (χ4v) is 3.86. The van der Waals surface area contributed by atoms with E-state index >= 15 is 0 Å². The first kappa shape index (κ1) is 20.4. The number of carbonyl (C=O) groups excluding carboxylic acids is 2. The molecule has 3 N–H and O–H groups in total. The summed E-state index contributed by atoms with van der Waals surface area (Å²) in [5.41, 5.74) is 6.38. The second-order valence-electron chi connectivity index (χ2n) is 7.54. The van der Waals surface area contributed by atoms with Crippen molar-refractivity contribution < 1.29 is 9.59 Å². The van der Waals surface area contributed by atoms with Gasteiger partial charge in [-0.1, -0.05) is 31.7 Å². The molecule has 0 fully saturated rings. The lowest BCUT2D eigenvalue weighted by molar-refractivity contribution is -0.131. The summed E-state index contributed by atoms with van der Waals surface area (Å²) in [6, 6.07) is 13.6. The van der Waals surface area contributed by atoms with Crippen molar-refractivity contribution >= 4 is 34.6 Å². The second kappa shape index (κ2) is 8.47. The maximum Gasteiger partial charge on any atom is 0.222 e. The number of hydrogen-bond acceptors (Lipinski definition) is 4. The van der Waals surface area contributed by atoms with Crippen LogP contribution in [0.3, 0.4) is 0 Å². The van der Waals surface area contributed by atoms with Crippen LogP contribution in [-0.2, 0) is 16.1 Å². The summed E-state index contributed by atoms with van der Waals surface area (Å²) in [4.78, 5) is 33.3. The summed E-state index contributed by atoms with van der Waals surface area (Å²) in [6.45, 7) is 8.57. The van der Waals surface area contributed by atoms with E-state index in [1.165, 1.54) is 6.92 Å². The second-order valence-corrected chi connectivity index (χ2v) is 7.54. The largest absolute Gasteiger partial charge is 0.355 e. The number of aromatic amines is 1. The highest BCUT2D eigenvalue weighted by atomic mass is 16.2. The number of fused-ring (bicyclic) bond motifs is 1. The minimum atomic E-state index is -0.180. The number of pyridine rings is 1. The van der Waals surface area contributed by atoms with Gasteiger partial charge in [0.15, 0.2) is 0 Å². The van der Waals surface area contributed by atoms with Gasteiger partial charge in [-0.15, -0.1) is 0 Å². The molecule has 1 aliphatic heterocycles. The first-order valence-corrected chi connectivity index (χ1v) is 10.2. The molecular formula is C24H25N5O2. The first-order chi connectivity index (χ1) is 15.0. The van der Waals surface area contributed by atoms with Gasteiger partial charge in [0.05, 0.1) is 17.9 Å². The predicted octanol–water partition coefficient (Wildman–Crippen LogP) is 4.54. The Bertz CT molecular complexity index is 1150. The Morgan fingerprint density at radius 1 is 1.19 bits per heavy atom. The summed E-state index contributed by atoms with van der Waals surface area (Å²) in [6.07, 6.45) is 2.12. The molecule has 3 aromatic rings. The Morgan fingerprint density at radius 3 is 2.68 bits per heavy atom. The van der Waals surface area contributed by atoms with E-state index < -0.39 is 0 Å². The molecule has 0 saturated carbocycles. The zero-order valence-electron chi connectivity index (χ0n) is 17.7. The van der Waals surface area contributed by atoms with Gasteiger partial charge in [-0.3, -0.25) is 9.59 Å². The molecule has 0 unspecified atom stereocenters. The maximum absolute atomic E-state index is 12.3. The smallest absolute Gasteiger partial charge is 0.222 e. The molecule has 7 nitrogen and oxygen atoms in total. The number of para-hydroxylation sites is 1. The van der Waals surface area contributed by atoms with E-state index in [0.29, 0.717) is 25.3 Å². The van der Waals surface area contributed by atoms with E-state index in [9.17, 15) is 9.59 Å². The molecule has 31 heavy (non-hydrogen) atoms. The Morgan fingerprint density at radius 2 is 1.97 bits per heavy atom. The van der Waals surface area contributed by atoms with Crippen LogP contribution in [-0.4, -0.2) is 33.2 Å². The van der Waals surface area contributed by atoms with E-state index in [-0.39, 0.29) is 11.8 Å². The normalized spacial score (nSPS) is 13.0. The van der Waals surface area contributed by atoms with Crippen molar-refractivity contribution in [2.75, 3.05) is 17.2 Å². The summed E-state index contributed by atoms with van der Waals surface area (Å²) >= 11 is 0. The molecule has 158 valence electrons. The summed E-state index contributed by atoms with van der Waals surface area (Å²) in [5, 5.41) is 6.25. The summed E-state index contributed by atoms with van der Waals surface area (Å²) in [5.74, 6) is 0.391. The molecule has 2 aromatic heterocycles. The third kappa shape index (κ3) is 4.21. The predicted molar refractivity (Wildman–Crippen MR) is 123 cm³/mol. The van der Waals surface area contributed by atoms with Crippen LogP contribution in [0.5, 0.6) is 0 Å². The van der Waals surface area contributed by atoms with Gasteiger partial charge in [-0.25, -0.2) is 4.98 Å². The van der Waals surface area contributed by atoms with Crippen LogP contribution in [0.15, 0.2) is 55.2 Å². The molecule has 0 atom stereocenters. The summed E-state index contributed by atoms with van der Waals surface area (Å²) < 4.78 is 0. The molecule has 7 heteroatoms. The fraction of sp³-hybridized carbons (Fsp3) is 0.208. The number of nitrogens with one attached hydrogen (secondary N) is 3. The van der Waals surface area contributed by atoms with Crippen LogP contribution >= 0.6 is 0 Å². The molecule has 2 amide bonds. The number of hydrogen-bond donors (Lipinski definition) is 3. The molecule has 0 bridgehead atoms. The van der Waals surface area contributed by atoms with Crippen LogP contribution < -0.4 is 10.6 Å². The molecule has 4 rings (SSSR count). The number of rotatable bonds is 5. The van der Waals surface area contributed by atoms with Crippen LogP contribution in [0.1, 0.15) is 31.5 Å². The van der Waals surface area contributed by atoms with E-state index in [0.717, 1.165) is 39.5 Å². The van der Waals surface area contributed by atoms with Gasteiger partial charge in [0.1, 0.15) is 5.82 Å². The van der Waals surface area contributed by atoms with Crippen LogP contribution in [0.2, 0.25) is 0 Å². The highest BCUT2D eigenvalue weighted by molar-refractivity contribution is 5.94. The zero-order valence-corrected chi connectivity index (χ0v) is 17.7. The fourth-order valence-electron chi connectivity index (χ4n) is 3.86. The monoisotopic (exact) mass is 415 g/mol. The first-order valence-electron chi connectivity index (χ1n) is 10.2. The van der Waals surface area contributed by atoms with Gasteiger partial charge < -0.3 is 20.5 Å². The Labute approximate surface area is 181 Å². The highest BCUT2D eigenvalue weighted by Gasteiger charge is 2.29. The van der Waals surface area contributed by atoms with Gasteiger partial charge in [0.25, 0.3) is 0 Å². The van der Waals surface area contributed by atoms with E-state index in [1.807, 2.05) is 54.3 Å². The van der Waals surface area contributed by atoms with Crippen LogP contribution in [0.4, 0.5) is 17.2 Å². The third-order valence-corrected chi connectivity index (χ3v) is 5.21. The number of benzene rings is 1. The lowest BCUT2D eigenvalue weighted by Gasteiger charge is -2.28. The quantitative estimate of drug-likeness (QED) is 0.570. The zero-order chi connectivity index (χ0) is 22.0. The summed E-state index contributed by atoms with van der Waals surface area (Å²) in [7, 11) is 0. The number of carbonyl (C=O) groups is 2. The lowest BCUT2D eigenvalue weighted by atomic mass is 9.99. The van der Waals surface area contributed by atoms with Gasteiger partial charge >= 0.3 is 0 Å². The van der Waals surface area contributed by atoms with Crippen molar-refractivity contribution in [1.29, 1.82) is 0 Å². The Balaban J connectivity index is 1.82. The van der Waals surface area contributed by atoms with Crippen LogP contribution in [0.25, 0.3) is 16.8 Å². The number of H-pyrrole nitrogens is 1. The topological polar surface area (TPSA) is 90.1 Å². The van der Waals surface area contributed by atoms with E-state index in [2.05, 4.69) is 27.2 Å². The van der Waals surface area contributed by atoms with Gasteiger partial charge in [0, 0.05) is 48.6 Å². The van der Waals surface area contributed by atoms with Crippen molar-refractivity contribution in [3.63, 3.8) is 0 Å². The maximum atomic E-state index is 12.3. The standard InChI is InChI=1S/C24H25N5O2/c1-4-21(31)29-13-15(2)22-19(14-29)28-23(24(22)27-18-8-6-5-7-9-18)17-10-11-25-20(12-17)26-16(3)30/h5-12,27-28H,2,4,13-14H2,1,3H3,(H,25,26,30). The SMILES string of the molecule is C=C1CN(C(=O)CC)Cc2[nH]c(-c3ccnc(NC(C)=O)c3)c(Nc3ccccc3)c21. The van der Waals surface area contributed by atoms with Crippen molar-refractivity contribution in [2.45, 2.75) is 26.8 Å². The highest BCUT2D eigenvalue weighted by Crippen LogP contribution is 2.41. The van der Waals surface area contributed by atoms with Crippen molar-refractivity contribution in [1.82, 2.24) is 14.9 Å². The Kier molecular flexibility index (Phi) is 5.58. The minimum Gasteiger partial charge on any atom is -0.355 e. The van der Waals surface area contributed by atoms with Crippen molar-refractivity contribution in [3.8, 4) is 11.3 Å². The van der Waals surface area contributed by atoms with Crippen LogP contribution in [0, 0.1) is 0 Å². The van der Waals surface area contributed by atoms with E-state index in [1.54, 1.807) is 6.20 Å². The molecule has 3 heterocycles. The molecule has 1 aliphatic rings. The molecular weight excluding hydrogens is 390 g/mol. The number of amides is 2. The van der Waals surface area contributed by atoms with Gasteiger partial charge in [0.2, 0.25) is 11.8 Å². The average molecular weight is 415 g/mol. The Hall–Kier alpha value is -3.87. The number of anilines is 3. The molecule has 0 saturated heterocycles. The average Bonchev–Trinajstić information content (AvgIpc) is 3.12. The lowest BCUT2D eigenvalue weighted by Crippen LogP contribution is -2.34. The van der Waals surface area contributed by atoms with E-state index in [4.69, 9.17) is 0 Å². The number of aromatic nitrogens is 2. The van der Waals surface area contributed by atoms with Crippen molar-refractivity contribution in [2.24, 2.45) is 0 Å². The number of nitrogens with zero attached hydrogens (tertiary/aromatic N) is 2. The molecule has 0 radical (unpaired) electrons. The molecule has 1 aromatic carbocycles. The third-order valence-electron chi connectivity index (χ3n) is 5.21.